The number of amides is 1. The van der Waals surface area contributed by atoms with Crippen LogP contribution in [0.4, 0.5) is 0 Å². The van der Waals surface area contributed by atoms with E-state index < -0.39 is 30.3 Å². The molecule has 1 aromatic rings. The Kier molecular flexibility index (Phi) is 4.63. The molecule has 1 aromatic carbocycles. The number of nitrogens with one attached hydrogen (secondary N) is 1. The number of carboxylic acids is 2. The third-order valence-electron chi connectivity index (χ3n) is 2.69. The first-order valence-corrected chi connectivity index (χ1v) is 5.64. The van der Waals surface area contributed by atoms with Gasteiger partial charge in [0.1, 0.15) is 6.04 Å². The number of aryl methyl sites for hydroxylation is 2. The van der Waals surface area contributed by atoms with E-state index in [2.05, 4.69) is 5.32 Å². The summed E-state index contributed by atoms with van der Waals surface area (Å²) in [5, 5.41) is 19.7. The highest BCUT2D eigenvalue weighted by Gasteiger charge is 2.24. The van der Waals surface area contributed by atoms with Crippen LogP contribution >= 0.6 is 0 Å². The van der Waals surface area contributed by atoms with Crippen molar-refractivity contribution < 1.29 is 24.6 Å². The molecule has 0 bridgehead atoms. The molecule has 0 spiro atoms. The highest BCUT2D eigenvalue weighted by atomic mass is 16.4. The van der Waals surface area contributed by atoms with Crippen LogP contribution in [0.3, 0.4) is 0 Å². The number of carbonyl (C=O) groups excluding carboxylic acids is 1. The van der Waals surface area contributed by atoms with Gasteiger partial charge in [0.15, 0.2) is 0 Å². The molecule has 0 aliphatic carbocycles. The standard InChI is InChI=1S/C13H15NO5/c1-7-4-3-5-8(2)11(7)12(17)14-9(13(18)19)6-10(15)16/h3-5,9H,6H2,1-2H3,(H,14,17)(H,15,16)(H,18,19). The predicted octanol–water partition coefficient (Wildman–Crippen LogP) is 0.961. The minimum absolute atomic E-state index is 0.374. The van der Waals surface area contributed by atoms with E-state index in [1.165, 1.54) is 0 Å². The minimum Gasteiger partial charge on any atom is -0.481 e. The van der Waals surface area contributed by atoms with Crippen molar-refractivity contribution in [3.63, 3.8) is 0 Å². The Labute approximate surface area is 110 Å². The molecular formula is C13H15NO5. The van der Waals surface area contributed by atoms with E-state index in [1.807, 2.05) is 0 Å². The second-order valence-corrected chi connectivity index (χ2v) is 4.23. The fourth-order valence-electron chi connectivity index (χ4n) is 1.78. The predicted molar refractivity (Wildman–Crippen MR) is 67.1 cm³/mol. The summed E-state index contributed by atoms with van der Waals surface area (Å²) in [5.74, 6) is -3.24. The van der Waals surface area contributed by atoms with Crippen molar-refractivity contribution in [1.29, 1.82) is 0 Å². The number of hydrogen-bond acceptors (Lipinski definition) is 3. The van der Waals surface area contributed by atoms with Crippen LogP contribution in [0.1, 0.15) is 27.9 Å². The summed E-state index contributed by atoms with van der Waals surface area (Å²) in [7, 11) is 0. The molecule has 6 nitrogen and oxygen atoms in total. The Morgan fingerprint density at radius 2 is 1.68 bits per heavy atom. The fourth-order valence-corrected chi connectivity index (χ4v) is 1.78. The first kappa shape index (κ1) is 14.7. The SMILES string of the molecule is Cc1cccc(C)c1C(=O)NC(CC(=O)O)C(=O)O. The molecule has 0 heterocycles. The van der Waals surface area contributed by atoms with E-state index in [1.54, 1.807) is 32.0 Å². The molecule has 0 fully saturated rings. The van der Waals surface area contributed by atoms with Gasteiger partial charge in [0, 0.05) is 5.56 Å². The summed E-state index contributed by atoms with van der Waals surface area (Å²) in [6.45, 7) is 3.46. The molecule has 0 radical (unpaired) electrons. The number of aliphatic carboxylic acids is 2. The molecule has 1 rings (SSSR count). The van der Waals surface area contributed by atoms with Crippen LogP contribution in [0, 0.1) is 13.8 Å². The van der Waals surface area contributed by atoms with Crippen molar-refractivity contribution in [2.45, 2.75) is 26.3 Å². The molecule has 0 saturated heterocycles. The van der Waals surface area contributed by atoms with Gasteiger partial charge in [-0.3, -0.25) is 9.59 Å². The zero-order chi connectivity index (χ0) is 14.6. The van der Waals surface area contributed by atoms with Crippen LogP contribution in [0.25, 0.3) is 0 Å². The number of carboxylic acid groups (broad SMARTS) is 2. The van der Waals surface area contributed by atoms with E-state index in [-0.39, 0.29) is 0 Å². The number of benzene rings is 1. The minimum atomic E-state index is -1.44. The van der Waals surface area contributed by atoms with Crippen molar-refractivity contribution >= 4 is 17.8 Å². The summed E-state index contributed by atoms with van der Waals surface area (Å²) in [4.78, 5) is 33.5. The maximum Gasteiger partial charge on any atom is 0.326 e. The van der Waals surface area contributed by atoms with Crippen LogP contribution in [0.5, 0.6) is 0 Å². The van der Waals surface area contributed by atoms with Crippen molar-refractivity contribution in [2.75, 3.05) is 0 Å². The first-order chi connectivity index (χ1) is 8.82. The fraction of sp³-hybridized carbons (Fsp3) is 0.308. The van der Waals surface area contributed by atoms with Crippen LogP contribution in [0.2, 0.25) is 0 Å². The molecule has 0 aromatic heterocycles. The Morgan fingerprint density at radius 1 is 1.16 bits per heavy atom. The van der Waals surface area contributed by atoms with Gasteiger partial charge in [0.2, 0.25) is 0 Å². The average molecular weight is 265 g/mol. The number of hydrogen-bond donors (Lipinski definition) is 3. The third-order valence-corrected chi connectivity index (χ3v) is 2.69. The van der Waals surface area contributed by atoms with Gasteiger partial charge in [0.05, 0.1) is 6.42 Å². The lowest BCUT2D eigenvalue weighted by atomic mass is 10.0. The maximum atomic E-state index is 12.0. The topological polar surface area (TPSA) is 104 Å². The van der Waals surface area contributed by atoms with Gasteiger partial charge in [-0.15, -0.1) is 0 Å². The molecule has 0 aliphatic rings. The Balaban J connectivity index is 2.94. The Hall–Kier alpha value is -2.37. The molecule has 0 aliphatic heterocycles. The van der Waals surface area contributed by atoms with Gasteiger partial charge < -0.3 is 15.5 Å². The van der Waals surface area contributed by atoms with Crippen LogP contribution in [0.15, 0.2) is 18.2 Å². The van der Waals surface area contributed by atoms with E-state index in [9.17, 15) is 14.4 Å². The monoisotopic (exact) mass is 265 g/mol. The van der Waals surface area contributed by atoms with Gasteiger partial charge in [-0.05, 0) is 25.0 Å². The van der Waals surface area contributed by atoms with Gasteiger partial charge in [-0.25, -0.2) is 4.79 Å². The van der Waals surface area contributed by atoms with Crippen LogP contribution in [-0.4, -0.2) is 34.1 Å². The second-order valence-electron chi connectivity index (χ2n) is 4.23. The first-order valence-electron chi connectivity index (χ1n) is 5.64. The normalized spacial score (nSPS) is 11.7. The van der Waals surface area contributed by atoms with E-state index in [4.69, 9.17) is 10.2 Å². The lowest BCUT2D eigenvalue weighted by molar-refractivity contribution is -0.145. The molecule has 1 amide bonds. The van der Waals surface area contributed by atoms with E-state index >= 15 is 0 Å². The zero-order valence-corrected chi connectivity index (χ0v) is 10.6. The Morgan fingerprint density at radius 3 is 2.11 bits per heavy atom. The number of rotatable bonds is 5. The van der Waals surface area contributed by atoms with Crippen molar-refractivity contribution in [3.8, 4) is 0 Å². The summed E-state index contributed by atoms with van der Waals surface area (Å²) in [5.41, 5.74) is 1.79. The molecule has 0 saturated carbocycles. The lowest BCUT2D eigenvalue weighted by Crippen LogP contribution is -2.42. The van der Waals surface area contributed by atoms with Gasteiger partial charge >= 0.3 is 11.9 Å². The second kappa shape index (κ2) is 5.99. The van der Waals surface area contributed by atoms with Gasteiger partial charge in [0.25, 0.3) is 5.91 Å². The molecule has 19 heavy (non-hydrogen) atoms. The van der Waals surface area contributed by atoms with Crippen LogP contribution in [-0.2, 0) is 9.59 Å². The van der Waals surface area contributed by atoms with Crippen LogP contribution < -0.4 is 5.32 Å². The summed E-state index contributed by atoms with van der Waals surface area (Å²) < 4.78 is 0. The zero-order valence-electron chi connectivity index (χ0n) is 10.6. The van der Waals surface area contributed by atoms with Gasteiger partial charge in [-0.1, -0.05) is 18.2 Å². The smallest absolute Gasteiger partial charge is 0.326 e. The van der Waals surface area contributed by atoms with Crippen molar-refractivity contribution in [1.82, 2.24) is 5.32 Å². The van der Waals surface area contributed by atoms with Gasteiger partial charge in [-0.2, -0.15) is 0 Å². The van der Waals surface area contributed by atoms with E-state index in [0.29, 0.717) is 16.7 Å². The molecule has 6 heteroatoms. The van der Waals surface area contributed by atoms with Crippen molar-refractivity contribution in [2.24, 2.45) is 0 Å². The molecule has 3 N–H and O–H groups in total. The largest absolute Gasteiger partial charge is 0.481 e. The Bertz CT molecular complexity index is 504. The average Bonchev–Trinajstić information content (AvgIpc) is 2.27. The molecule has 1 unspecified atom stereocenters. The maximum absolute atomic E-state index is 12.0. The summed E-state index contributed by atoms with van der Waals surface area (Å²) >= 11 is 0. The number of carbonyl (C=O) groups is 3. The highest BCUT2D eigenvalue weighted by molar-refractivity contribution is 5.99. The lowest BCUT2D eigenvalue weighted by Gasteiger charge is -2.15. The van der Waals surface area contributed by atoms with E-state index in [0.717, 1.165) is 0 Å². The molecule has 1 atom stereocenters. The quantitative estimate of drug-likeness (QED) is 0.735. The third kappa shape index (κ3) is 3.80. The summed E-state index contributed by atoms with van der Waals surface area (Å²) in [6.07, 6.45) is -0.661. The summed E-state index contributed by atoms with van der Waals surface area (Å²) in [6, 6.07) is 3.81. The van der Waals surface area contributed by atoms with Crippen molar-refractivity contribution in [3.05, 3.63) is 34.9 Å². The highest BCUT2D eigenvalue weighted by Crippen LogP contribution is 2.13. The molecular weight excluding hydrogens is 250 g/mol. The molecule has 102 valence electrons.